The fourth-order valence-corrected chi connectivity index (χ4v) is 3.06. The first kappa shape index (κ1) is 21.4. The maximum absolute atomic E-state index is 12.3. The maximum Gasteiger partial charge on any atom is 0.411 e. The van der Waals surface area contributed by atoms with Crippen LogP contribution in [0, 0.1) is 0 Å². The standard InChI is InChI=1S/C15H21F3N2O4S/c1-10(2)20(4)25(22,23)13-7-5-12(6-8-13)19-14(21)11(3)24-9-15(16,17)18/h5-8,10-11H,9H2,1-4H3,(H,19,21)/t11-/m0/s1. The van der Waals surface area contributed by atoms with Crippen LogP contribution in [0.25, 0.3) is 0 Å². The first-order chi connectivity index (χ1) is 11.3. The van der Waals surface area contributed by atoms with Crippen LogP contribution < -0.4 is 5.32 Å². The lowest BCUT2D eigenvalue weighted by molar-refractivity contribution is -0.184. The number of nitrogens with zero attached hydrogens (tertiary/aromatic N) is 1. The Morgan fingerprint density at radius 3 is 2.16 bits per heavy atom. The number of hydrogen-bond donors (Lipinski definition) is 1. The van der Waals surface area contributed by atoms with Crippen LogP contribution in [-0.2, 0) is 19.6 Å². The van der Waals surface area contributed by atoms with E-state index >= 15 is 0 Å². The smallest absolute Gasteiger partial charge is 0.359 e. The molecule has 0 unspecified atom stereocenters. The minimum atomic E-state index is -4.52. The fourth-order valence-electron chi connectivity index (χ4n) is 1.69. The number of hydrogen-bond acceptors (Lipinski definition) is 4. The van der Waals surface area contributed by atoms with Gasteiger partial charge in [0.05, 0.1) is 4.90 Å². The molecule has 1 N–H and O–H groups in total. The number of rotatable bonds is 7. The number of sulfonamides is 1. The Morgan fingerprint density at radius 2 is 1.72 bits per heavy atom. The van der Waals surface area contributed by atoms with Gasteiger partial charge in [-0.1, -0.05) is 0 Å². The molecule has 6 nitrogen and oxygen atoms in total. The van der Waals surface area contributed by atoms with E-state index in [0.717, 1.165) is 0 Å². The molecule has 0 fully saturated rings. The van der Waals surface area contributed by atoms with Crippen molar-refractivity contribution in [2.45, 2.75) is 44.0 Å². The zero-order chi connectivity index (χ0) is 19.4. The third-order valence-corrected chi connectivity index (χ3v) is 5.44. The van der Waals surface area contributed by atoms with E-state index in [-0.39, 0.29) is 16.6 Å². The zero-order valence-corrected chi connectivity index (χ0v) is 15.1. The average molecular weight is 382 g/mol. The van der Waals surface area contributed by atoms with Crippen LogP contribution in [0.2, 0.25) is 0 Å². The van der Waals surface area contributed by atoms with Crippen LogP contribution in [0.3, 0.4) is 0 Å². The van der Waals surface area contributed by atoms with Gasteiger partial charge in [-0.15, -0.1) is 0 Å². The molecular formula is C15H21F3N2O4S. The molecule has 0 aliphatic rings. The molecule has 0 aromatic heterocycles. The molecular weight excluding hydrogens is 361 g/mol. The van der Waals surface area contributed by atoms with Gasteiger partial charge in [0.15, 0.2) is 0 Å². The molecule has 0 spiro atoms. The summed E-state index contributed by atoms with van der Waals surface area (Å²) in [5.41, 5.74) is 0.249. The highest BCUT2D eigenvalue weighted by atomic mass is 32.2. The second kappa shape index (κ2) is 8.15. The van der Waals surface area contributed by atoms with E-state index in [2.05, 4.69) is 10.1 Å². The van der Waals surface area contributed by atoms with Gasteiger partial charge in [0.2, 0.25) is 10.0 Å². The number of ether oxygens (including phenoxy) is 1. The molecule has 1 atom stereocenters. The van der Waals surface area contributed by atoms with Crippen molar-refractivity contribution in [1.29, 1.82) is 0 Å². The lowest BCUT2D eigenvalue weighted by atomic mass is 10.3. The normalized spacial score (nSPS) is 14.0. The second-order valence-electron chi connectivity index (χ2n) is 5.70. The minimum absolute atomic E-state index is 0.0445. The van der Waals surface area contributed by atoms with Crippen molar-refractivity contribution in [3.05, 3.63) is 24.3 Å². The van der Waals surface area contributed by atoms with Crippen LogP contribution in [0.1, 0.15) is 20.8 Å². The van der Waals surface area contributed by atoms with Crippen LogP contribution in [0.15, 0.2) is 29.2 Å². The van der Waals surface area contributed by atoms with Crippen LogP contribution >= 0.6 is 0 Å². The molecule has 0 bridgehead atoms. The number of carbonyl (C=O) groups excluding carboxylic acids is 1. The molecule has 0 heterocycles. The largest absolute Gasteiger partial charge is 0.411 e. The third kappa shape index (κ3) is 6.29. The summed E-state index contributed by atoms with van der Waals surface area (Å²) in [6, 6.07) is 5.11. The van der Waals surface area contributed by atoms with Crippen molar-refractivity contribution in [1.82, 2.24) is 4.31 Å². The van der Waals surface area contributed by atoms with Gasteiger partial charge in [-0.25, -0.2) is 8.42 Å². The van der Waals surface area contributed by atoms with Gasteiger partial charge in [0, 0.05) is 18.8 Å². The Kier molecular flexibility index (Phi) is 6.98. The Labute approximate surface area is 145 Å². The molecule has 1 amide bonds. The average Bonchev–Trinajstić information content (AvgIpc) is 2.51. The predicted octanol–water partition coefficient (Wildman–Crippen LogP) is 2.62. The topological polar surface area (TPSA) is 75.7 Å². The molecule has 0 radical (unpaired) electrons. The SMILES string of the molecule is CC(C)N(C)S(=O)(=O)c1ccc(NC(=O)[C@H](C)OCC(F)(F)F)cc1. The van der Waals surface area contributed by atoms with Crippen molar-refractivity contribution < 1.29 is 31.1 Å². The van der Waals surface area contributed by atoms with E-state index < -0.39 is 34.8 Å². The lowest BCUT2D eigenvalue weighted by Gasteiger charge is -2.21. The van der Waals surface area contributed by atoms with Crippen LogP contribution in [0.4, 0.5) is 18.9 Å². The van der Waals surface area contributed by atoms with Gasteiger partial charge in [-0.3, -0.25) is 4.79 Å². The number of halogens is 3. The molecule has 0 saturated carbocycles. The predicted molar refractivity (Wildman–Crippen MR) is 86.6 cm³/mol. The van der Waals surface area contributed by atoms with Gasteiger partial charge in [0.25, 0.3) is 5.91 Å². The molecule has 10 heteroatoms. The second-order valence-corrected chi connectivity index (χ2v) is 7.69. The summed E-state index contributed by atoms with van der Waals surface area (Å²) in [6.45, 7) is 3.13. The Bertz CT molecular complexity index is 688. The summed E-state index contributed by atoms with van der Waals surface area (Å²) in [4.78, 5) is 11.8. The highest BCUT2D eigenvalue weighted by molar-refractivity contribution is 7.89. The van der Waals surface area contributed by atoms with Gasteiger partial charge in [-0.2, -0.15) is 17.5 Å². The fraction of sp³-hybridized carbons (Fsp3) is 0.533. The van der Waals surface area contributed by atoms with Crippen molar-refractivity contribution in [2.75, 3.05) is 19.0 Å². The summed E-state index contributed by atoms with van der Waals surface area (Å²) >= 11 is 0. The quantitative estimate of drug-likeness (QED) is 0.787. The van der Waals surface area contributed by atoms with E-state index in [9.17, 15) is 26.4 Å². The Balaban J connectivity index is 2.76. The van der Waals surface area contributed by atoms with Crippen LogP contribution in [-0.4, -0.2) is 50.6 Å². The van der Waals surface area contributed by atoms with Gasteiger partial charge < -0.3 is 10.1 Å². The summed E-state index contributed by atoms with van der Waals surface area (Å²) in [5, 5.41) is 2.37. The van der Waals surface area contributed by atoms with Crippen LogP contribution in [0.5, 0.6) is 0 Å². The summed E-state index contributed by atoms with van der Waals surface area (Å²) in [7, 11) is -2.20. The summed E-state index contributed by atoms with van der Waals surface area (Å²) in [6.07, 6.45) is -5.83. The van der Waals surface area contributed by atoms with Crippen molar-refractivity contribution in [3.63, 3.8) is 0 Å². The zero-order valence-electron chi connectivity index (χ0n) is 14.3. The lowest BCUT2D eigenvalue weighted by Crippen LogP contribution is -2.33. The Morgan fingerprint density at radius 1 is 1.20 bits per heavy atom. The molecule has 1 aromatic rings. The number of carbonyl (C=O) groups is 1. The van der Waals surface area contributed by atoms with E-state index in [1.54, 1.807) is 13.8 Å². The van der Waals surface area contributed by atoms with Crippen molar-refractivity contribution in [2.24, 2.45) is 0 Å². The molecule has 0 aliphatic heterocycles. The number of amides is 1. The Hall–Kier alpha value is -1.65. The molecule has 1 aromatic carbocycles. The minimum Gasteiger partial charge on any atom is -0.359 e. The molecule has 0 aliphatic carbocycles. The molecule has 142 valence electrons. The van der Waals surface area contributed by atoms with E-state index in [1.807, 2.05) is 0 Å². The monoisotopic (exact) mass is 382 g/mol. The highest BCUT2D eigenvalue weighted by Gasteiger charge is 2.30. The van der Waals surface area contributed by atoms with Crippen molar-refractivity contribution >= 4 is 21.6 Å². The van der Waals surface area contributed by atoms with E-state index in [0.29, 0.717) is 0 Å². The number of anilines is 1. The number of nitrogens with one attached hydrogen (secondary N) is 1. The maximum atomic E-state index is 12.3. The van der Waals surface area contributed by atoms with Gasteiger partial charge in [-0.05, 0) is 45.0 Å². The summed E-state index contributed by atoms with van der Waals surface area (Å²) < 4.78 is 66.5. The van der Waals surface area contributed by atoms with Crippen molar-refractivity contribution in [3.8, 4) is 0 Å². The molecule has 1 rings (SSSR count). The summed E-state index contributed by atoms with van der Waals surface area (Å²) in [5.74, 6) is -0.765. The van der Waals surface area contributed by atoms with Gasteiger partial charge >= 0.3 is 6.18 Å². The number of alkyl halides is 3. The van der Waals surface area contributed by atoms with E-state index in [4.69, 9.17) is 0 Å². The van der Waals surface area contributed by atoms with Gasteiger partial charge in [0.1, 0.15) is 12.7 Å². The first-order valence-electron chi connectivity index (χ1n) is 7.42. The third-order valence-electron chi connectivity index (χ3n) is 3.39. The highest BCUT2D eigenvalue weighted by Crippen LogP contribution is 2.20. The first-order valence-corrected chi connectivity index (χ1v) is 8.86. The van der Waals surface area contributed by atoms with E-state index in [1.165, 1.54) is 42.5 Å². The molecule has 0 saturated heterocycles. The molecule has 25 heavy (non-hydrogen) atoms. The number of benzene rings is 1.